The van der Waals surface area contributed by atoms with Gasteiger partial charge in [-0.25, -0.2) is 4.79 Å². The van der Waals surface area contributed by atoms with Gasteiger partial charge in [0.05, 0.1) is 21.5 Å². The molecule has 0 saturated carbocycles. The number of aliphatic hydroxyl groups excluding tert-OH is 1. The second-order valence-corrected chi connectivity index (χ2v) is 9.38. The molecule has 2 aromatic carbocycles. The summed E-state index contributed by atoms with van der Waals surface area (Å²) in [5, 5.41) is 21.3. The van der Waals surface area contributed by atoms with Gasteiger partial charge < -0.3 is 19.7 Å². The smallest absolute Gasteiger partial charge is 0.339 e. The molecule has 2 heterocycles. The number of rotatable bonds is 0. The third kappa shape index (κ3) is 2.61. The number of halogens is 4. The minimum atomic E-state index is -1.41. The van der Waals surface area contributed by atoms with Gasteiger partial charge in [-0.15, -0.1) is 0 Å². The Morgan fingerprint density at radius 1 is 1.00 bits per heavy atom. The molecule has 31 heavy (non-hydrogen) atoms. The van der Waals surface area contributed by atoms with Crippen LogP contribution < -0.4 is 4.74 Å². The van der Waals surface area contributed by atoms with Gasteiger partial charge in [-0.1, -0.05) is 52.5 Å². The number of aliphatic hydroxyl groups is 1. The number of carbonyl (C=O) groups is 1. The molecule has 3 aliphatic rings. The molecular weight excluding hydrogens is 486 g/mol. The SMILES string of the molecule is CC1=CC2C(Oc3c(cc(C)c(O)c3Cl)C23OC(=O)c2cc(Cl)c(Cl)cc23)C(Cl)=C1O. The lowest BCUT2D eigenvalue weighted by molar-refractivity contribution is -0.0437. The fourth-order valence-corrected chi connectivity index (χ4v) is 5.50. The van der Waals surface area contributed by atoms with Gasteiger partial charge in [0.2, 0.25) is 0 Å². The summed E-state index contributed by atoms with van der Waals surface area (Å²) in [5.41, 5.74) is 0.726. The lowest BCUT2D eigenvalue weighted by atomic mass is 9.69. The van der Waals surface area contributed by atoms with E-state index in [0.717, 1.165) is 0 Å². The third-order valence-electron chi connectivity index (χ3n) is 6.04. The van der Waals surface area contributed by atoms with Crippen molar-refractivity contribution in [3.05, 3.63) is 78.0 Å². The maximum absolute atomic E-state index is 13.0. The summed E-state index contributed by atoms with van der Waals surface area (Å²) < 4.78 is 12.2. The van der Waals surface area contributed by atoms with Crippen LogP contribution in [0.15, 0.2) is 40.6 Å². The van der Waals surface area contributed by atoms with Crippen LogP contribution in [0.1, 0.15) is 34.0 Å². The molecule has 1 aliphatic carbocycles. The highest BCUT2D eigenvalue weighted by Gasteiger charge is 2.61. The van der Waals surface area contributed by atoms with Crippen LogP contribution in [-0.2, 0) is 10.3 Å². The van der Waals surface area contributed by atoms with Gasteiger partial charge in [0, 0.05) is 11.1 Å². The second kappa shape index (κ2) is 6.72. The van der Waals surface area contributed by atoms with E-state index in [4.69, 9.17) is 55.9 Å². The van der Waals surface area contributed by atoms with E-state index in [1.807, 2.05) is 0 Å². The first kappa shape index (κ1) is 20.8. The predicted octanol–water partition coefficient (Wildman–Crippen LogP) is 6.42. The minimum Gasteiger partial charge on any atom is -0.506 e. The lowest BCUT2D eigenvalue weighted by Crippen LogP contribution is -2.50. The number of benzene rings is 2. The minimum absolute atomic E-state index is 0.0377. The van der Waals surface area contributed by atoms with Crippen LogP contribution in [0.25, 0.3) is 0 Å². The average molecular weight is 500 g/mol. The topological polar surface area (TPSA) is 76.0 Å². The average Bonchev–Trinajstić information content (AvgIpc) is 2.99. The van der Waals surface area contributed by atoms with Crippen LogP contribution >= 0.6 is 46.4 Å². The fraction of sp³-hybridized carbons (Fsp3) is 0.227. The molecule has 0 radical (unpaired) electrons. The molecule has 5 nitrogen and oxygen atoms in total. The summed E-state index contributed by atoms with van der Waals surface area (Å²) in [6, 6.07) is 4.71. The highest BCUT2D eigenvalue weighted by atomic mass is 35.5. The zero-order valence-electron chi connectivity index (χ0n) is 16.1. The van der Waals surface area contributed by atoms with E-state index >= 15 is 0 Å². The van der Waals surface area contributed by atoms with Crippen molar-refractivity contribution in [2.24, 2.45) is 5.92 Å². The number of carbonyl (C=O) groups excluding carboxylic acids is 1. The van der Waals surface area contributed by atoms with Crippen LogP contribution in [0.4, 0.5) is 0 Å². The second-order valence-electron chi connectivity index (χ2n) is 7.78. The monoisotopic (exact) mass is 498 g/mol. The fourth-order valence-electron chi connectivity index (χ4n) is 4.55. The summed E-state index contributed by atoms with van der Waals surface area (Å²) >= 11 is 25.4. The predicted molar refractivity (Wildman–Crippen MR) is 118 cm³/mol. The Kier molecular flexibility index (Phi) is 4.52. The first-order valence-corrected chi connectivity index (χ1v) is 10.8. The molecule has 0 bridgehead atoms. The Morgan fingerprint density at radius 2 is 1.68 bits per heavy atom. The van der Waals surface area contributed by atoms with E-state index in [1.165, 1.54) is 6.07 Å². The largest absolute Gasteiger partial charge is 0.506 e. The quantitative estimate of drug-likeness (QED) is 0.409. The maximum Gasteiger partial charge on any atom is 0.339 e. The van der Waals surface area contributed by atoms with Crippen molar-refractivity contribution in [1.82, 2.24) is 0 Å². The molecule has 0 amide bonds. The molecule has 3 unspecified atom stereocenters. The van der Waals surface area contributed by atoms with Crippen molar-refractivity contribution < 1.29 is 24.5 Å². The number of phenols is 1. The highest BCUT2D eigenvalue weighted by Crippen LogP contribution is 2.60. The number of phenolic OH excluding ortho intramolecular Hbond substituents is 1. The lowest BCUT2D eigenvalue weighted by Gasteiger charge is -2.46. The molecule has 0 aromatic heterocycles. The van der Waals surface area contributed by atoms with Crippen LogP contribution in [-0.4, -0.2) is 22.3 Å². The number of aromatic hydroxyl groups is 1. The van der Waals surface area contributed by atoms with Crippen LogP contribution in [0.2, 0.25) is 15.1 Å². The summed E-state index contributed by atoms with van der Waals surface area (Å²) in [6.45, 7) is 3.37. The first-order chi connectivity index (χ1) is 14.6. The van der Waals surface area contributed by atoms with Crippen molar-refractivity contribution in [2.45, 2.75) is 25.6 Å². The van der Waals surface area contributed by atoms with Crippen molar-refractivity contribution in [2.75, 3.05) is 0 Å². The van der Waals surface area contributed by atoms with E-state index in [9.17, 15) is 15.0 Å². The summed E-state index contributed by atoms with van der Waals surface area (Å²) in [4.78, 5) is 13.0. The Labute approximate surface area is 197 Å². The number of allylic oxidation sites excluding steroid dienone is 1. The van der Waals surface area contributed by atoms with Gasteiger partial charge in [-0.2, -0.15) is 0 Å². The van der Waals surface area contributed by atoms with E-state index in [0.29, 0.717) is 22.3 Å². The van der Waals surface area contributed by atoms with Crippen molar-refractivity contribution >= 4 is 52.4 Å². The third-order valence-corrected chi connectivity index (χ3v) is 7.51. The van der Waals surface area contributed by atoms with Crippen molar-refractivity contribution in [3.8, 4) is 11.5 Å². The molecular formula is C22H14Cl4O5. The summed E-state index contributed by atoms with van der Waals surface area (Å²) in [5.74, 6) is -1.43. The molecule has 9 heteroatoms. The van der Waals surface area contributed by atoms with Gasteiger partial charge in [0.25, 0.3) is 0 Å². The zero-order valence-corrected chi connectivity index (χ0v) is 19.1. The summed E-state index contributed by atoms with van der Waals surface area (Å²) in [7, 11) is 0. The molecule has 2 aromatic rings. The molecule has 0 saturated heterocycles. The van der Waals surface area contributed by atoms with Gasteiger partial charge >= 0.3 is 5.97 Å². The number of fused-ring (bicyclic) bond motifs is 6. The standard InChI is InChI=1S/C22H14Cl4O5/c1-7-3-11-19(15(25)17(7)27)30-20-12(4-8(2)18(28)16(20)26)22(11)10-6-14(24)13(23)5-9(10)21(29)31-22/h3-6,11,19,27-28H,1-2H3. The molecule has 2 aliphatic heterocycles. The van der Waals surface area contributed by atoms with E-state index < -0.39 is 23.6 Å². The Balaban J connectivity index is 1.92. The van der Waals surface area contributed by atoms with E-state index in [-0.39, 0.29) is 42.9 Å². The Morgan fingerprint density at radius 3 is 2.39 bits per heavy atom. The van der Waals surface area contributed by atoms with Gasteiger partial charge in [-0.3, -0.25) is 0 Å². The molecule has 1 spiro atoms. The van der Waals surface area contributed by atoms with Crippen molar-refractivity contribution in [1.29, 1.82) is 0 Å². The number of aryl methyl sites for hydroxylation is 1. The Hall–Kier alpha value is -2.05. The van der Waals surface area contributed by atoms with Gasteiger partial charge in [0.1, 0.15) is 33.4 Å². The number of hydrogen-bond acceptors (Lipinski definition) is 5. The number of esters is 1. The molecule has 0 fully saturated rings. The first-order valence-electron chi connectivity index (χ1n) is 9.27. The highest BCUT2D eigenvalue weighted by molar-refractivity contribution is 6.42. The molecule has 3 atom stereocenters. The van der Waals surface area contributed by atoms with E-state index in [1.54, 1.807) is 32.1 Å². The van der Waals surface area contributed by atoms with E-state index in [2.05, 4.69) is 0 Å². The zero-order chi connectivity index (χ0) is 22.4. The maximum atomic E-state index is 13.0. The molecule has 2 N–H and O–H groups in total. The van der Waals surface area contributed by atoms with Crippen molar-refractivity contribution in [3.63, 3.8) is 0 Å². The number of hydrogen-bond donors (Lipinski definition) is 2. The molecule has 160 valence electrons. The van der Waals surface area contributed by atoms with Crippen LogP contribution in [0.5, 0.6) is 11.5 Å². The van der Waals surface area contributed by atoms with Crippen LogP contribution in [0.3, 0.4) is 0 Å². The van der Waals surface area contributed by atoms with Crippen LogP contribution in [0, 0.1) is 12.8 Å². The number of ether oxygens (including phenoxy) is 2. The van der Waals surface area contributed by atoms with Gasteiger partial charge in [-0.05, 0) is 43.2 Å². The Bertz CT molecular complexity index is 1270. The summed E-state index contributed by atoms with van der Waals surface area (Å²) in [6.07, 6.45) is 0.821. The van der Waals surface area contributed by atoms with Gasteiger partial charge in [0.15, 0.2) is 5.60 Å². The normalized spacial score (nSPS) is 26.1. The molecule has 5 rings (SSSR count).